The fraction of sp³-hybridized carbons (Fsp3) is 0.583. The lowest BCUT2D eigenvalue weighted by Gasteiger charge is -2.22. The van der Waals surface area contributed by atoms with Gasteiger partial charge in [0, 0.05) is 23.6 Å². The molecule has 5 nitrogen and oxygen atoms in total. The van der Waals surface area contributed by atoms with Gasteiger partial charge in [0.2, 0.25) is 0 Å². The maximum absolute atomic E-state index is 8.67. The van der Waals surface area contributed by atoms with Gasteiger partial charge in [-0.15, -0.1) is 0 Å². The molecule has 6 heteroatoms. The molecule has 0 unspecified atom stereocenters. The van der Waals surface area contributed by atoms with Crippen molar-refractivity contribution in [3.05, 3.63) is 18.0 Å². The van der Waals surface area contributed by atoms with Gasteiger partial charge in [0.25, 0.3) is 0 Å². The number of aryl methyl sites for hydroxylation is 1. The average molecular weight is 268 g/mol. The first-order chi connectivity index (χ1) is 8.45. The first-order valence-electron chi connectivity index (χ1n) is 5.85. The molecule has 0 aromatic carbocycles. The summed E-state index contributed by atoms with van der Waals surface area (Å²) >= 11 is 1.62. The van der Waals surface area contributed by atoms with E-state index in [0.29, 0.717) is 0 Å². The van der Waals surface area contributed by atoms with Crippen molar-refractivity contribution in [3.8, 4) is 0 Å². The molecule has 0 spiro atoms. The summed E-state index contributed by atoms with van der Waals surface area (Å²) in [5.41, 5.74) is 6.42. The molecule has 0 aliphatic rings. The van der Waals surface area contributed by atoms with E-state index in [1.807, 2.05) is 33.2 Å². The number of rotatable bonds is 6. The van der Waals surface area contributed by atoms with E-state index in [1.54, 1.807) is 11.8 Å². The summed E-state index contributed by atoms with van der Waals surface area (Å²) in [5.74, 6) is 1.20. The molecule has 1 rings (SSSR count). The van der Waals surface area contributed by atoms with Gasteiger partial charge in [-0.1, -0.05) is 30.8 Å². The monoisotopic (exact) mass is 268 g/mol. The quantitative estimate of drug-likeness (QED) is 0.157. The van der Waals surface area contributed by atoms with Crippen LogP contribution in [-0.2, 0) is 0 Å². The molecule has 0 atom stereocenters. The summed E-state index contributed by atoms with van der Waals surface area (Å²) in [7, 11) is 0. The van der Waals surface area contributed by atoms with Crippen molar-refractivity contribution >= 4 is 17.6 Å². The Morgan fingerprint density at radius 1 is 1.44 bits per heavy atom. The standard InChI is InChI=1S/C12H20N4OS/c1-9-7-14-11(15-8-9)18-6-4-5-12(2,3)10(13)16-17/h7-8,17H,4-6H2,1-3H3,(H2,13,16). The lowest BCUT2D eigenvalue weighted by Crippen LogP contribution is -2.31. The van der Waals surface area contributed by atoms with Crippen molar-refractivity contribution in [2.24, 2.45) is 16.3 Å². The Morgan fingerprint density at radius 2 is 2.06 bits per heavy atom. The summed E-state index contributed by atoms with van der Waals surface area (Å²) in [5, 5.41) is 12.5. The number of hydrogen-bond acceptors (Lipinski definition) is 5. The van der Waals surface area contributed by atoms with Gasteiger partial charge in [-0.2, -0.15) is 0 Å². The number of nitrogens with zero attached hydrogens (tertiary/aromatic N) is 3. The molecule has 3 N–H and O–H groups in total. The third kappa shape index (κ3) is 4.52. The van der Waals surface area contributed by atoms with Gasteiger partial charge in [-0.05, 0) is 25.3 Å². The van der Waals surface area contributed by atoms with Crippen LogP contribution in [0.1, 0.15) is 32.3 Å². The number of thioether (sulfide) groups is 1. The zero-order chi connectivity index (χ0) is 13.6. The summed E-state index contributed by atoms with van der Waals surface area (Å²) in [6, 6.07) is 0. The van der Waals surface area contributed by atoms with Crippen LogP contribution in [-0.4, -0.2) is 26.8 Å². The van der Waals surface area contributed by atoms with E-state index in [2.05, 4.69) is 15.1 Å². The van der Waals surface area contributed by atoms with Crippen molar-refractivity contribution in [2.45, 2.75) is 38.8 Å². The van der Waals surface area contributed by atoms with Crippen LogP contribution in [0.15, 0.2) is 22.7 Å². The van der Waals surface area contributed by atoms with Crippen LogP contribution in [0.25, 0.3) is 0 Å². The van der Waals surface area contributed by atoms with Crippen LogP contribution in [0.2, 0.25) is 0 Å². The van der Waals surface area contributed by atoms with Gasteiger partial charge in [0.15, 0.2) is 5.16 Å². The zero-order valence-corrected chi connectivity index (χ0v) is 11.9. The summed E-state index contributed by atoms with van der Waals surface area (Å²) in [6.07, 6.45) is 5.46. The molecule has 0 fully saturated rings. The van der Waals surface area contributed by atoms with Gasteiger partial charge in [-0.25, -0.2) is 9.97 Å². The predicted molar refractivity (Wildman–Crippen MR) is 73.9 cm³/mol. The number of nitrogens with two attached hydrogens (primary N) is 1. The highest BCUT2D eigenvalue weighted by atomic mass is 32.2. The van der Waals surface area contributed by atoms with E-state index in [0.717, 1.165) is 29.3 Å². The molecule has 1 heterocycles. The second-order valence-electron chi connectivity index (χ2n) is 4.86. The molecule has 1 aromatic rings. The van der Waals surface area contributed by atoms with Gasteiger partial charge >= 0.3 is 0 Å². The van der Waals surface area contributed by atoms with Crippen molar-refractivity contribution in [2.75, 3.05) is 5.75 Å². The summed E-state index contributed by atoms with van der Waals surface area (Å²) in [4.78, 5) is 8.45. The number of aromatic nitrogens is 2. The number of oxime groups is 1. The van der Waals surface area contributed by atoms with E-state index in [1.165, 1.54) is 0 Å². The largest absolute Gasteiger partial charge is 0.409 e. The molecule has 0 radical (unpaired) electrons. The molecular formula is C12H20N4OS. The van der Waals surface area contributed by atoms with Crippen molar-refractivity contribution in [1.82, 2.24) is 9.97 Å². The van der Waals surface area contributed by atoms with Gasteiger partial charge in [0.05, 0.1) is 0 Å². The van der Waals surface area contributed by atoms with Gasteiger partial charge in [0.1, 0.15) is 5.84 Å². The average Bonchev–Trinajstić information content (AvgIpc) is 2.35. The third-order valence-electron chi connectivity index (χ3n) is 2.74. The first-order valence-corrected chi connectivity index (χ1v) is 6.84. The molecule has 0 saturated carbocycles. The molecule has 18 heavy (non-hydrogen) atoms. The van der Waals surface area contributed by atoms with Crippen LogP contribution in [0, 0.1) is 12.3 Å². The Morgan fingerprint density at radius 3 is 2.61 bits per heavy atom. The maximum Gasteiger partial charge on any atom is 0.187 e. The highest BCUT2D eigenvalue weighted by molar-refractivity contribution is 7.99. The third-order valence-corrected chi connectivity index (χ3v) is 3.70. The normalized spacial score (nSPS) is 12.7. The number of amidine groups is 1. The molecule has 0 amide bonds. The highest BCUT2D eigenvalue weighted by Crippen LogP contribution is 2.24. The number of hydrogen-bond donors (Lipinski definition) is 2. The van der Waals surface area contributed by atoms with E-state index in [9.17, 15) is 0 Å². The van der Waals surface area contributed by atoms with E-state index in [-0.39, 0.29) is 11.3 Å². The van der Waals surface area contributed by atoms with Gasteiger partial charge in [-0.3, -0.25) is 0 Å². The lowest BCUT2D eigenvalue weighted by atomic mass is 9.87. The smallest absolute Gasteiger partial charge is 0.187 e. The Hall–Kier alpha value is -1.30. The fourth-order valence-corrected chi connectivity index (χ4v) is 2.12. The first kappa shape index (κ1) is 14.8. The Labute approximate surface area is 112 Å². The maximum atomic E-state index is 8.67. The predicted octanol–water partition coefficient (Wildman–Crippen LogP) is 2.43. The SMILES string of the molecule is Cc1cnc(SCCCC(C)(C)C(N)=NO)nc1. The van der Waals surface area contributed by atoms with Crippen LogP contribution in [0.5, 0.6) is 0 Å². The Kier molecular flexibility index (Phi) is 5.40. The van der Waals surface area contributed by atoms with Crippen molar-refractivity contribution in [1.29, 1.82) is 0 Å². The molecule has 1 aromatic heterocycles. The fourth-order valence-electron chi connectivity index (χ4n) is 1.40. The summed E-state index contributed by atoms with van der Waals surface area (Å²) < 4.78 is 0. The highest BCUT2D eigenvalue weighted by Gasteiger charge is 2.22. The van der Waals surface area contributed by atoms with Crippen LogP contribution in [0.3, 0.4) is 0 Å². The molecular weight excluding hydrogens is 248 g/mol. The molecule has 0 bridgehead atoms. The topological polar surface area (TPSA) is 84.4 Å². The molecule has 0 saturated heterocycles. The summed E-state index contributed by atoms with van der Waals surface area (Å²) in [6.45, 7) is 5.90. The van der Waals surface area contributed by atoms with E-state index in [4.69, 9.17) is 10.9 Å². The Bertz CT molecular complexity index is 403. The second kappa shape index (κ2) is 6.58. The lowest BCUT2D eigenvalue weighted by molar-refractivity contribution is 0.305. The van der Waals surface area contributed by atoms with E-state index < -0.39 is 0 Å². The minimum atomic E-state index is -0.274. The van der Waals surface area contributed by atoms with Crippen LogP contribution < -0.4 is 5.73 Å². The second-order valence-corrected chi connectivity index (χ2v) is 5.93. The Balaban J connectivity index is 2.33. The van der Waals surface area contributed by atoms with Gasteiger partial charge < -0.3 is 10.9 Å². The molecule has 100 valence electrons. The molecule has 0 aliphatic heterocycles. The van der Waals surface area contributed by atoms with Crippen LogP contribution in [0.4, 0.5) is 0 Å². The minimum Gasteiger partial charge on any atom is -0.409 e. The van der Waals surface area contributed by atoms with Crippen LogP contribution >= 0.6 is 11.8 Å². The van der Waals surface area contributed by atoms with E-state index >= 15 is 0 Å². The van der Waals surface area contributed by atoms with Crippen molar-refractivity contribution in [3.63, 3.8) is 0 Å². The van der Waals surface area contributed by atoms with Crippen molar-refractivity contribution < 1.29 is 5.21 Å². The minimum absolute atomic E-state index is 0.274. The molecule has 0 aliphatic carbocycles. The zero-order valence-electron chi connectivity index (χ0n) is 11.1.